The van der Waals surface area contributed by atoms with E-state index >= 15 is 0 Å². The maximum Gasteiger partial charge on any atom is 0.405 e. The van der Waals surface area contributed by atoms with Gasteiger partial charge in [0.05, 0.1) is 11.4 Å². The van der Waals surface area contributed by atoms with Crippen LogP contribution in [0.4, 0.5) is 13.2 Å². The molecule has 1 heterocycles. The molecule has 0 N–H and O–H groups in total. The second-order valence-electron chi connectivity index (χ2n) is 3.95. The van der Waals surface area contributed by atoms with Crippen molar-refractivity contribution < 1.29 is 13.2 Å². The summed E-state index contributed by atoms with van der Waals surface area (Å²) in [5.74, 6) is 0.355. The first kappa shape index (κ1) is 11.6. The van der Waals surface area contributed by atoms with Crippen LogP contribution in [0.1, 0.15) is 13.8 Å². The molecule has 0 aliphatic carbocycles. The zero-order chi connectivity index (χ0) is 11.0. The number of alkyl halides is 4. The van der Waals surface area contributed by atoms with E-state index < -0.39 is 18.3 Å². The van der Waals surface area contributed by atoms with Crippen molar-refractivity contribution in [2.75, 3.05) is 19.0 Å². The van der Waals surface area contributed by atoms with Gasteiger partial charge in [-0.1, -0.05) is 0 Å². The Balaban J connectivity index is 2.70. The van der Waals surface area contributed by atoms with Crippen molar-refractivity contribution in [3.63, 3.8) is 0 Å². The summed E-state index contributed by atoms with van der Waals surface area (Å²) in [6.45, 7) is 2.88. The maximum absolute atomic E-state index is 12.1. The van der Waals surface area contributed by atoms with Crippen LogP contribution in [0, 0.1) is 0 Å². The molecule has 14 heavy (non-hydrogen) atoms. The summed E-state index contributed by atoms with van der Waals surface area (Å²) < 4.78 is 36.4. The molecule has 0 aromatic carbocycles. The van der Waals surface area contributed by atoms with E-state index in [1.807, 2.05) is 0 Å². The van der Waals surface area contributed by atoms with Crippen molar-refractivity contribution in [2.24, 2.45) is 4.99 Å². The number of hydrogen-bond acceptors (Lipinski definition) is 2. The molecule has 0 aromatic heterocycles. The molecule has 1 rings (SSSR count). The average molecular weight is 229 g/mol. The molecule has 0 saturated heterocycles. The molecule has 0 saturated carbocycles. The summed E-state index contributed by atoms with van der Waals surface area (Å²) in [4.78, 5) is 5.30. The van der Waals surface area contributed by atoms with Crippen molar-refractivity contribution >= 4 is 17.4 Å². The molecule has 0 fully saturated rings. The van der Waals surface area contributed by atoms with E-state index in [0.717, 1.165) is 0 Å². The van der Waals surface area contributed by atoms with Crippen LogP contribution in [0.3, 0.4) is 0 Å². The van der Waals surface area contributed by atoms with E-state index in [0.29, 0.717) is 5.84 Å². The van der Waals surface area contributed by atoms with E-state index in [2.05, 4.69) is 4.99 Å². The van der Waals surface area contributed by atoms with Gasteiger partial charge in [0, 0.05) is 6.54 Å². The molecule has 0 unspecified atom stereocenters. The molecule has 0 amide bonds. The van der Waals surface area contributed by atoms with E-state index in [1.165, 1.54) is 4.90 Å². The molecular formula is C8H12ClF3N2. The lowest BCUT2D eigenvalue weighted by molar-refractivity contribution is -0.137. The van der Waals surface area contributed by atoms with Crippen molar-refractivity contribution in [1.29, 1.82) is 0 Å². The second-order valence-corrected chi connectivity index (χ2v) is 4.21. The molecule has 82 valence electrons. The van der Waals surface area contributed by atoms with Gasteiger partial charge in [-0.3, -0.25) is 4.99 Å². The molecule has 0 bridgehead atoms. The van der Waals surface area contributed by atoms with Crippen molar-refractivity contribution in [3.05, 3.63) is 0 Å². The zero-order valence-corrected chi connectivity index (χ0v) is 8.78. The third-order valence-electron chi connectivity index (χ3n) is 1.86. The van der Waals surface area contributed by atoms with Gasteiger partial charge in [-0.25, -0.2) is 0 Å². The minimum Gasteiger partial charge on any atom is -0.348 e. The minimum atomic E-state index is -4.20. The fraction of sp³-hybridized carbons (Fsp3) is 0.875. The molecule has 0 radical (unpaired) electrons. The number of aliphatic imine (C=N–C) groups is 1. The fourth-order valence-electron chi connectivity index (χ4n) is 1.49. The Labute approximate surface area is 85.7 Å². The first-order chi connectivity index (χ1) is 6.23. The predicted octanol–water partition coefficient (Wildman–Crippen LogP) is 2.28. The zero-order valence-electron chi connectivity index (χ0n) is 8.03. The summed E-state index contributed by atoms with van der Waals surface area (Å²) in [7, 11) is 0. The van der Waals surface area contributed by atoms with Gasteiger partial charge in [0.1, 0.15) is 12.4 Å². The van der Waals surface area contributed by atoms with E-state index in [9.17, 15) is 13.2 Å². The van der Waals surface area contributed by atoms with Crippen LogP contribution in [-0.4, -0.2) is 41.4 Å². The van der Waals surface area contributed by atoms with Crippen LogP contribution in [0.15, 0.2) is 4.99 Å². The molecular weight excluding hydrogens is 217 g/mol. The topological polar surface area (TPSA) is 15.6 Å². The Morgan fingerprint density at radius 1 is 1.50 bits per heavy atom. The predicted molar refractivity (Wildman–Crippen MR) is 49.9 cm³/mol. The van der Waals surface area contributed by atoms with Crippen LogP contribution < -0.4 is 0 Å². The van der Waals surface area contributed by atoms with E-state index in [1.54, 1.807) is 13.8 Å². The Kier molecular flexibility index (Phi) is 2.99. The van der Waals surface area contributed by atoms with Gasteiger partial charge in [0.15, 0.2) is 0 Å². The van der Waals surface area contributed by atoms with Crippen molar-refractivity contribution in [3.8, 4) is 0 Å². The average Bonchev–Trinajstić information content (AvgIpc) is 2.21. The van der Waals surface area contributed by atoms with Crippen molar-refractivity contribution in [1.82, 2.24) is 4.90 Å². The third kappa shape index (κ3) is 3.04. The summed E-state index contributed by atoms with van der Waals surface area (Å²) >= 11 is 5.52. The van der Waals surface area contributed by atoms with Gasteiger partial charge < -0.3 is 4.90 Å². The highest BCUT2D eigenvalue weighted by Gasteiger charge is 2.38. The highest BCUT2D eigenvalue weighted by molar-refractivity contribution is 6.28. The van der Waals surface area contributed by atoms with Gasteiger partial charge in [0.2, 0.25) is 0 Å². The number of halogens is 4. The SMILES string of the molecule is CC1(C)CN(CC(F)(F)F)C(CCl)=N1. The lowest BCUT2D eigenvalue weighted by Crippen LogP contribution is -2.39. The normalized spacial score (nSPS) is 21.3. The third-order valence-corrected chi connectivity index (χ3v) is 2.10. The Morgan fingerprint density at radius 2 is 2.07 bits per heavy atom. The lowest BCUT2D eigenvalue weighted by atomic mass is 10.1. The Morgan fingerprint density at radius 3 is 2.50 bits per heavy atom. The molecule has 1 aliphatic rings. The van der Waals surface area contributed by atoms with Crippen LogP contribution in [-0.2, 0) is 0 Å². The molecule has 6 heteroatoms. The highest BCUT2D eigenvalue weighted by Crippen LogP contribution is 2.25. The quantitative estimate of drug-likeness (QED) is 0.662. The highest BCUT2D eigenvalue weighted by atomic mass is 35.5. The van der Waals surface area contributed by atoms with E-state index in [-0.39, 0.29) is 12.4 Å². The van der Waals surface area contributed by atoms with Gasteiger partial charge in [0.25, 0.3) is 0 Å². The first-order valence-corrected chi connectivity index (χ1v) is 4.73. The number of nitrogens with zero attached hydrogens (tertiary/aromatic N) is 2. The lowest BCUT2D eigenvalue weighted by Gasteiger charge is -2.23. The number of rotatable bonds is 2. The van der Waals surface area contributed by atoms with Gasteiger partial charge in [-0.05, 0) is 13.8 Å². The molecule has 2 nitrogen and oxygen atoms in total. The van der Waals surface area contributed by atoms with Crippen LogP contribution in [0.2, 0.25) is 0 Å². The van der Waals surface area contributed by atoms with Crippen molar-refractivity contribution in [2.45, 2.75) is 25.6 Å². The van der Waals surface area contributed by atoms with Gasteiger partial charge >= 0.3 is 6.18 Å². The Hall–Kier alpha value is -0.450. The summed E-state index contributed by atoms with van der Waals surface area (Å²) in [6, 6.07) is 0. The minimum absolute atomic E-state index is 0.0273. The Bertz CT molecular complexity index is 247. The molecule has 0 spiro atoms. The first-order valence-electron chi connectivity index (χ1n) is 4.20. The van der Waals surface area contributed by atoms with Gasteiger partial charge in [-0.15, -0.1) is 11.6 Å². The maximum atomic E-state index is 12.1. The van der Waals surface area contributed by atoms with Gasteiger partial charge in [-0.2, -0.15) is 13.2 Å². The summed E-state index contributed by atoms with van der Waals surface area (Å²) in [6.07, 6.45) is -4.20. The second kappa shape index (κ2) is 3.61. The smallest absolute Gasteiger partial charge is 0.348 e. The van der Waals surface area contributed by atoms with E-state index in [4.69, 9.17) is 11.6 Å². The van der Waals surface area contributed by atoms with Crippen LogP contribution in [0.5, 0.6) is 0 Å². The summed E-state index contributed by atoms with van der Waals surface area (Å²) in [5, 5.41) is 0. The van der Waals surface area contributed by atoms with Crippen LogP contribution >= 0.6 is 11.6 Å². The molecule has 1 aliphatic heterocycles. The standard InChI is InChI=1S/C8H12ClF3N2/c1-7(2)4-14(5-8(10,11)12)6(3-9)13-7/h3-5H2,1-2H3. The van der Waals surface area contributed by atoms with Crippen LogP contribution in [0.25, 0.3) is 0 Å². The summed E-state index contributed by atoms with van der Waals surface area (Å²) in [5.41, 5.74) is -0.463. The largest absolute Gasteiger partial charge is 0.405 e. The number of hydrogen-bond donors (Lipinski definition) is 0. The molecule has 0 aromatic rings. The number of amidine groups is 1. The monoisotopic (exact) mass is 228 g/mol. The fourth-order valence-corrected chi connectivity index (χ4v) is 1.72. The molecule has 0 atom stereocenters.